The number of Topliss-reactive ketones (excluding diaryl/α,β-unsaturated/α-hetero) is 1. The third kappa shape index (κ3) is 6.93. The zero-order valence-corrected chi connectivity index (χ0v) is 24.7. The highest BCUT2D eigenvalue weighted by Crippen LogP contribution is 2.39. The number of rotatable bonds is 8. The molecule has 1 N–H and O–H groups in total. The van der Waals surface area contributed by atoms with Crippen molar-refractivity contribution in [2.75, 3.05) is 0 Å². The quantitative estimate of drug-likeness (QED) is 0.172. The van der Waals surface area contributed by atoms with E-state index in [9.17, 15) is 4.79 Å². The zero-order chi connectivity index (χ0) is 27.9. The van der Waals surface area contributed by atoms with Crippen molar-refractivity contribution in [2.45, 2.75) is 66.3 Å². The molecule has 4 nitrogen and oxygen atoms in total. The Morgan fingerprint density at radius 3 is 2.36 bits per heavy atom. The van der Waals surface area contributed by atoms with Gasteiger partial charge in [-0.15, -0.1) is 0 Å². The van der Waals surface area contributed by atoms with E-state index in [0.717, 1.165) is 45.3 Å². The number of nitrogens with zero attached hydrogens (tertiary/aromatic N) is 2. The number of allylic oxidation sites excluding steroid dienone is 4. The lowest BCUT2D eigenvalue weighted by molar-refractivity contribution is 0.101. The van der Waals surface area contributed by atoms with Gasteiger partial charge in [0.25, 0.3) is 0 Å². The number of halogens is 2. The molecule has 0 bridgehead atoms. The predicted octanol–water partition coefficient (Wildman–Crippen LogP) is 10.2. The lowest BCUT2D eigenvalue weighted by atomic mass is 9.92. The van der Waals surface area contributed by atoms with Crippen LogP contribution in [0.5, 0.6) is 0 Å². The number of carbonyl (C=O) groups is 1. The van der Waals surface area contributed by atoms with Gasteiger partial charge in [0.1, 0.15) is 0 Å². The Morgan fingerprint density at radius 2 is 1.74 bits per heavy atom. The van der Waals surface area contributed by atoms with E-state index in [1.165, 1.54) is 25.7 Å². The SMILES string of the molecule is CC(=O)c1[nH]c2cc(Cl)ccc2c1-c1c(C2=CCC(C)C=C2)cnn1Cc1ccc(Cl)cc1.CCCCCC. The fourth-order valence-corrected chi connectivity index (χ4v) is 5.15. The van der Waals surface area contributed by atoms with Crippen LogP contribution in [-0.4, -0.2) is 20.5 Å². The molecule has 1 aliphatic carbocycles. The predicted molar refractivity (Wildman–Crippen MR) is 166 cm³/mol. The Kier molecular flexibility index (Phi) is 9.88. The van der Waals surface area contributed by atoms with Gasteiger partial charge in [0.15, 0.2) is 5.78 Å². The van der Waals surface area contributed by atoms with Crippen molar-refractivity contribution in [3.05, 3.63) is 93.8 Å². The van der Waals surface area contributed by atoms with Gasteiger partial charge < -0.3 is 4.98 Å². The van der Waals surface area contributed by atoms with E-state index >= 15 is 0 Å². The summed E-state index contributed by atoms with van der Waals surface area (Å²) < 4.78 is 1.97. The minimum Gasteiger partial charge on any atom is -0.352 e. The van der Waals surface area contributed by atoms with Gasteiger partial charge >= 0.3 is 0 Å². The van der Waals surface area contributed by atoms with Gasteiger partial charge in [-0.25, -0.2) is 0 Å². The second-order valence-corrected chi connectivity index (χ2v) is 11.1. The lowest BCUT2D eigenvalue weighted by Gasteiger charge is -2.15. The minimum atomic E-state index is -0.0377. The molecule has 1 unspecified atom stereocenters. The van der Waals surface area contributed by atoms with Crippen LogP contribution in [0.25, 0.3) is 27.7 Å². The summed E-state index contributed by atoms with van der Waals surface area (Å²) in [6.45, 7) is 8.80. The summed E-state index contributed by atoms with van der Waals surface area (Å²) in [6, 6.07) is 13.4. The van der Waals surface area contributed by atoms with Crippen LogP contribution in [0.15, 0.2) is 66.9 Å². The number of hydrogen-bond donors (Lipinski definition) is 1. The summed E-state index contributed by atoms with van der Waals surface area (Å²) in [5, 5.41) is 7.02. The first-order chi connectivity index (χ1) is 18.8. The van der Waals surface area contributed by atoms with Crippen LogP contribution in [0.2, 0.25) is 10.0 Å². The first-order valence-corrected chi connectivity index (χ1v) is 14.6. The summed E-state index contributed by atoms with van der Waals surface area (Å²) in [4.78, 5) is 16.0. The van der Waals surface area contributed by atoms with E-state index in [1.54, 1.807) is 6.92 Å². The number of unbranched alkanes of at least 4 members (excludes halogenated alkanes) is 3. The minimum absolute atomic E-state index is 0.0377. The summed E-state index contributed by atoms with van der Waals surface area (Å²) in [5.74, 6) is 0.466. The number of H-pyrrole nitrogens is 1. The van der Waals surface area contributed by atoms with Gasteiger partial charge in [0.2, 0.25) is 0 Å². The molecule has 2 aromatic carbocycles. The van der Waals surface area contributed by atoms with Crippen LogP contribution in [0.3, 0.4) is 0 Å². The number of carbonyl (C=O) groups excluding carboxylic acids is 1. The van der Waals surface area contributed by atoms with E-state index in [-0.39, 0.29) is 5.78 Å². The van der Waals surface area contributed by atoms with E-state index in [0.29, 0.717) is 28.2 Å². The van der Waals surface area contributed by atoms with E-state index in [1.807, 2.05) is 53.3 Å². The Morgan fingerprint density at radius 1 is 1.05 bits per heavy atom. The highest BCUT2D eigenvalue weighted by atomic mass is 35.5. The molecule has 2 heterocycles. The Hall–Kier alpha value is -3.08. The topological polar surface area (TPSA) is 50.7 Å². The van der Waals surface area contributed by atoms with Crippen LogP contribution in [0, 0.1) is 5.92 Å². The number of hydrogen-bond acceptors (Lipinski definition) is 2. The van der Waals surface area contributed by atoms with Crippen LogP contribution >= 0.6 is 23.2 Å². The monoisotopic (exact) mass is 561 g/mol. The first-order valence-electron chi connectivity index (χ1n) is 13.8. The highest BCUT2D eigenvalue weighted by molar-refractivity contribution is 6.31. The second kappa shape index (κ2) is 13.3. The van der Waals surface area contributed by atoms with Crippen LogP contribution < -0.4 is 0 Å². The van der Waals surface area contributed by atoms with Gasteiger partial charge in [-0.05, 0) is 47.7 Å². The molecule has 0 saturated heterocycles. The van der Waals surface area contributed by atoms with Gasteiger partial charge in [0, 0.05) is 39.0 Å². The molecule has 0 amide bonds. The van der Waals surface area contributed by atoms with E-state index in [2.05, 4.69) is 44.0 Å². The average molecular weight is 563 g/mol. The fraction of sp³-hybridized carbons (Fsp3) is 0.333. The molecule has 0 spiro atoms. The second-order valence-electron chi connectivity index (χ2n) is 10.3. The Labute approximate surface area is 241 Å². The zero-order valence-electron chi connectivity index (χ0n) is 23.2. The van der Waals surface area contributed by atoms with Crippen molar-refractivity contribution in [3.63, 3.8) is 0 Å². The van der Waals surface area contributed by atoms with E-state index < -0.39 is 0 Å². The molecule has 4 aromatic rings. The number of aromatic amines is 1. The van der Waals surface area contributed by atoms with Crippen molar-refractivity contribution in [1.82, 2.24) is 14.8 Å². The normalized spacial score (nSPS) is 14.7. The van der Waals surface area contributed by atoms with Crippen molar-refractivity contribution in [1.29, 1.82) is 0 Å². The average Bonchev–Trinajstić information content (AvgIpc) is 3.50. The van der Waals surface area contributed by atoms with Crippen LogP contribution in [-0.2, 0) is 6.54 Å². The highest BCUT2D eigenvalue weighted by Gasteiger charge is 2.25. The van der Waals surface area contributed by atoms with Gasteiger partial charge in [-0.3, -0.25) is 9.48 Å². The summed E-state index contributed by atoms with van der Waals surface area (Å²) >= 11 is 12.3. The molecule has 0 fully saturated rings. The number of benzene rings is 2. The maximum Gasteiger partial charge on any atom is 0.176 e. The third-order valence-electron chi connectivity index (χ3n) is 7.02. The molecule has 6 heteroatoms. The molecule has 2 aromatic heterocycles. The molecule has 204 valence electrons. The largest absolute Gasteiger partial charge is 0.352 e. The van der Waals surface area contributed by atoms with Gasteiger partial charge in [-0.1, -0.05) is 106 Å². The van der Waals surface area contributed by atoms with Crippen molar-refractivity contribution < 1.29 is 4.79 Å². The van der Waals surface area contributed by atoms with Crippen molar-refractivity contribution in [3.8, 4) is 11.3 Å². The maximum atomic E-state index is 12.7. The standard InChI is InChI=1S/C27H23Cl2N3O.C6H14/c1-16-3-7-19(8-4-16)23-14-30-32(15-18-5-9-20(28)10-6-18)27(23)25-22-12-11-21(29)13-24(22)31-26(25)17(2)33;1-3-5-6-4-2/h3,5-14,16,31H,4,15H2,1-2H3;3-6H2,1-2H3. The summed E-state index contributed by atoms with van der Waals surface area (Å²) in [6.07, 6.45) is 15.0. The molecule has 0 saturated carbocycles. The fourth-order valence-electron chi connectivity index (χ4n) is 4.85. The third-order valence-corrected chi connectivity index (χ3v) is 7.50. The molecule has 1 aliphatic rings. The van der Waals surface area contributed by atoms with Crippen molar-refractivity contribution in [2.24, 2.45) is 5.92 Å². The number of aromatic nitrogens is 3. The number of fused-ring (bicyclic) bond motifs is 1. The van der Waals surface area contributed by atoms with Gasteiger partial charge in [-0.2, -0.15) is 5.10 Å². The summed E-state index contributed by atoms with van der Waals surface area (Å²) in [7, 11) is 0. The first kappa shape index (κ1) is 28.9. The molecular formula is C33H37Cl2N3O. The maximum absolute atomic E-state index is 12.7. The molecular weight excluding hydrogens is 525 g/mol. The van der Waals surface area contributed by atoms with E-state index in [4.69, 9.17) is 28.3 Å². The molecule has 39 heavy (non-hydrogen) atoms. The molecule has 5 rings (SSSR count). The molecule has 0 aliphatic heterocycles. The van der Waals surface area contributed by atoms with Crippen LogP contribution in [0.4, 0.5) is 0 Å². The Bertz CT molecular complexity index is 1490. The Balaban J connectivity index is 0.000000531. The number of nitrogens with one attached hydrogen (secondary N) is 1. The smallest absolute Gasteiger partial charge is 0.176 e. The van der Waals surface area contributed by atoms with Gasteiger partial charge in [0.05, 0.1) is 24.1 Å². The van der Waals surface area contributed by atoms with Crippen LogP contribution in [0.1, 0.15) is 81.4 Å². The van der Waals surface area contributed by atoms with Crippen molar-refractivity contribution >= 4 is 45.5 Å². The summed E-state index contributed by atoms with van der Waals surface area (Å²) in [5.41, 5.74) is 6.34. The lowest BCUT2D eigenvalue weighted by Crippen LogP contribution is -2.07. The molecule has 1 atom stereocenters. The molecule has 0 radical (unpaired) electrons. The number of ketones is 1.